The Morgan fingerprint density at radius 3 is 1.19 bits per heavy atom. The van der Waals surface area contributed by atoms with E-state index in [2.05, 4.69) is 21.3 Å². The van der Waals surface area contributed by atoms with Crippen molar-refractivity contribution in [3.8, 4) is 11.5 Å². The molecule has 4 aromatic carbocycles. The first kappa shape index (κ1) is 56.2. The first-order valence-electron chi connectivity index (χ1n) is 25.7. The minimum absolute atomic E-state index is 0.0990. The summed E-state index contributed by atoms with van der Waals surface area (Å²) in [5.41, 5.74) is 6.71. The van der Waals surface area contributed by atoms with E-state index in [1.807, 2.05) is 76.2 Å². The number of amides is 6. The summed E-state index contributed by atoms with van der Waals surface area (Å²) in [4.78, 5) is 87.1. The van der Waals surface area contributed by atoms with Crippen LogP contribution in [0.4, 0.5) is 9.59 Å². The van der Waals surface area contributed by atoms with Gasteiger partial charge in [-0.05, 0) is 162 Å². The summed E-state index contributed by atoms with van der Waals surface area (Å²) in [5.74, 6) is -1.28. The van der Waals surface area contributed by atoms with E-state index in [1.165, 1.54) is 0 Å². The molecule has 0 aliphatic carbocycles. The third-order valence-electron chi connectivity index (χ3n) is 13.5. The van der Waals surface area contributed by atoms with Crippen molar-refractivity contribution in [2.24, 2.45) is 0 Å². The van der Waals surface area contributed by atoms with Crippen molar-refractivity contribution in [1.82, 2.24) is 31.1 Å². The topological polar surface area (TPSA) is 216 Å². The molecule has 0 aromatic heterocycles. The number of ether oxygens (including phenoxy) is 2. The lowest BCUT2D eigenvalue weighted by Crippen LogP contribution is -2.58. The molecule has 4 aromatic rings. The number of alkyl carbamates (subject to hydrolysis) is 2. The molecule has 0 bridgehead atoms. The first-order valence-corrected chi connectivity index (χ1v) is 25.7. The van der Waals surface area contributed by atoms with Crippen molar-refractivity contribution < 1.29 is 48.5 Å². The molecule has 6 rings (SSSR count). The maximum atomic E-state index is 14.7. The number of unbranched alkanes of at least 4 members (excludes halogenated alkanes) is 3. The smallest absolute Gasteiger partial charge is 0.408 e. The van der Waals surface area contributed by atoms with Crippen molar-refractivity contribution in [2.75, 3.05) is 13.1 Å². The fourth-order valence-electron chi connectivity index (χ4n) is 9.93. The molecule has 6 N–H and O–H groups in total. The lowest BCUT2D eigenvalue weighted by Gasteiger charge is -2.38. The van der Waals surface area contributed by atoms with Crippen molar-refractivity contribution in [1.29, 1.82) is 0 Å². The number of rotatable bonds is 17. The molecule has 74 heavy (non-hydrogen) atoms. The maximum Gasteiger partial charge on any atom is 0.408 e. The molecule has 0 radical (unpaired) electrons. The minimum Gasteiger partial charge on any atom is -0.508 e. The number of fused-ring (bicyclic) bond motifs is 2. The van der Waals surface area contributed by atoms with Gasteiger partial charge in [0.2, 0.25) is 23.6 Å². The largest absolute Gasteiger partial charge is 0.508 e. The fraction of sp³-hybridized carbons (Fsp3) is 0.483. The summed E-state index contributed by atoms with van der Waals surface area (Å²) < 4.78 is 11.2. The molecule has 6 amide bonds. The summed E-state index contributed by atoms with van der Waals surface area (Å²) in [5, 5.41) is 32.2. The molecule has 0 fully saturated rings. The number of nitrogens with one attached hydrogen (secondary N) is 4. The zero-order valence-electron chi connectivity index (χ0n) is 44.8. The van der Waals surface area contributed by atoms with Crippen LogP contribution in [0.15, 0.2) is 72.8 Å². The van der Waals surface area contributed by atoms with Gasteiger partial charge in [0, 0.05) is 51.9 Å². The van der Waals surface area contributed by atoms with Gasteiger partial charge in [-0.25, -0.2) is 9.59 Å². The van der Waals surface area contributed by atoms with Crippen LogP contribution >= 0.6 is 0 Å². The number of nitrogens with zero attached hydrogens (tertiary/aromatic N) is 2. The van der Waals surface area contributed by atoms with Gasteiger partial charge in [0.25, 0.3) is 0 Å². The maximum absolute atomic E-state index is 14.7. The van der Waals surface area contributed by atoms with Crippen LogP contribution in [0.25, 0.3) is 0 Å². The van der Waals surface area contributed by atoms with E-state index in [0.717, 1.165) is 68.5 Å². The number of aryl methyl sites for hydroxylation is 4. The third kappa shape index (κ3) is 15.2. The van der Waals surface area contributed by atoms with E-state index in [0.29, 0.717) is 25.9 Å². The van der Waals surface area contributed by atoms with Gasteiger partial charge in [0.05, 0.1) is 0 Å². The van der Waals surface area contributed by atoms with Crippen LogP contribution in [0.2, 0.25) is 0 Å². The van der Waals surface area contributed by atoms with Gasteiger partial charge in [0.1, 0.15) is 46.9 Å². The van der Waals surface area contributed by atoms with Crippen LogP contribution in [-0.4, -0.2) is 104 Å². The molecule has 0 saturated carbocycles. The second kappa shape index (κ2) is 24.3. The summed E-state index contributed by atoms with van der Waals surface area (Å²) in [6.07, 6.45) is 2.07. The van der Waals surface area contributed by atoms with E-state index in [9.17, 15) is 39.0 Å². The van der Waals surface area contributed by atoms with Crippen molar-refractivity contribution in [3.63, 3.8) is 0 Å². The van der Waals surface area contributed by atoms with E-state index in [4.69, 9.17) is 9.47 Å². The van der Waals surface area contributed by atoms with Crippen LogP contribution in [-0.2, 0) is 67.4 Å². The average Bonchev–Trinajstić information content (AvgIpc) is 3.31. The Balaban J connectivity index is 1.07. The van der Waals surface area contributed by atoms with E-state index < -0.39 is 59.4 Å². The van der Waals surface area contributed by atoms with Crippen LogP contribution in [0.5, 0.6) is 11.5 Å². The Labute approximate surface area is 436 Å². The quantitative estimate of drug-likeness (QED) is 0.0570. The Hall–Kier alpha value is -7.10. The molecule has 2 aliphatic heterocycles. The average molecular weight is 1020 g/mol. The number of phenols is 2. The van der Waals surface area contributed by atoms with Gasteiger partial charge in [0.15, 0.2) is 0 Å². The Morgan fingerprint density at radius 2 is 0.865 bits per heavy atom. The Morgan fingerprint density at radius 1 is 0.541 bits per heavy atom. The van der Waals surface area contributed by atoms with E-state index in [-0.39, 0.29) is 62.1 Å². The van der Waals surface area contributed by atoms with Gasteiger partial charge < -0.3 is 50.8 Å². The van der Waals surface area contributed by atoms with E-state index >= 15 is 0 Å². The highest BCUT2D eigenvalue weighted by Gasteiger charge is 2.41. The van der Waals surface area contributed by atoms with E-state index in [1.54, 1.807) is 75.6 Å². The van der Waals surface area contributed by atoms with Gasteiger partial charge in [-0.2, -0.15) is 0 Å². The van der Waals surface area contributed by atoms with Crippen LogP contribution in [0.1, 0.15) is 123 Å². The number of carbonyl (C=O) groups excluding carboxylic acids is 6. The summed E-state index contributed by atoms with van der Waals surface area (Å²) in [7, 11) is 0. The monoisotopic (exact) mass is 1020 g/mol. The van der Waals surface area contributed by atoms with Crippen LogP contribution in [0.3, 0.4) is 0 Å². The highest BCUT2D eigenvalue weighted by atomic mass is 16.6. The third-order valence-corrected chi connectivity index (χ3v) is 13.5. The van der Waals surface area contributed by atoms with Gasteiger partial charge in [-0.15, -0.1) is 0 Å². The number of carbonyl (C=O) groups is 6. The van der Waals surface area contributed by atoms with Gasteiger partial charge in [-0.1, -0.05) is 61.4 Å². The number of phenolic OH excluding ortho intramolecular Hbond substituents is 2. The second-order valence-electron chi connectivity index (χ2n) is 21.8. The van der Waals surface area contributed by atoms with Crippen molar-refractivity contribution in [2.45, 2.75) is 169 Å². The highest BCUT2D eigenvalue weighted by molar-refractivity contribution is 5.93. The lowest BCUT2D eigenvalue weighted by atomic mass is 9.91. The normalized spacial score (nSPS) is 16.2. The lowest BCUT2D eigenvalue weighted by molar-refractivity contribution is -0.143. The van der Waals surface area contributed by atoms with Crippen LogP contribution in [0, 0.1) is 27.7 Å². The molecular formula is C58H76N6O10. The number of hydrogen-bond acceptors (Lipinski definition) is 10. The molecule has 16 nitrogen and oxygen atoms in total. The Bertz CT molecular complexity index is 2480. The summed E-state index contributed by atoms with van der Waals surface area (Å²) in [6.45, 7) is 18.8. The molecule has 0 saturated heterocycles. The number of hydrogen-bond donors (Lipinski definition) is 6. The molecule has 2 aliphatic rings. The predicted molar refractivity (Wildman–Crippen MR) is 282 cm³/mol. The molecular weight excluding hydrogens is 941 g/mol. The summed E-state index contributed by atoms with van der Waals surface area (Å²) in [6, 6.07) is 18.0. The van der Waals surface area contributed by atoms with Crippen LogP contribution < -0.4 is 21.3 Å². The minimum atomic E-state index is -1.08. The summed E-state index contributed by atoms with van der Waals surface area (Å²) >= 11 is 0. The molecule has 16 heteroatoms. The molecule has 2 heterocycles. The number of benzene rings is 4. The molecule has 0 spiro atoms. The standard InChI is InChI=1S/C58H76N6O10/c1-35-25-43(65)26-36(2)45(35)31-47(61-55(71)73-57(5,6)7)53(69)63-33-41-21-15-13-19-39(41)29-49(63)51(67)59-23-17-11-12-18-24-60-52(68)50-30-40-20-14-16-22-42(40)34-64(50)54(70)48(62-56(72)74-58(8,9)10)32-46-37(3)27-44(66)28-38(46)4/h13-16,19-22,25-28,47-50,65-66H,11-12,17-18,23-24,29-34H2,1-10H3,(H,59,67)(H,60,68)(H,61,71)(H,62,72)/t47-,48-,49-,50-/m0/s1. The highest BCUT2D eigenvalue weighted by Crippen LogP contribution is 2.30. The second-order valence-corrected chi connectivity index (χ2v) is 21.8. The van der Waals surface area contributed by atoms with Crippen molar-refractivity contribution in [3.05, 3.63) is 128 Å². The Kier molecular flexibility index (Phi) is 18.4. The first-order chi connectivity index (χ1) is 34.9. The molecule has 4 atom stereocenters. The zero-order valence-corrected chi connectivity index (χ0v) is 44.8. The zero-order chi connectivity index (χ0) is 54.1. The van der Waals surface area contributed by atoms with Gasteiger partial charge >= 0.3 is 12.2 Å². The van der Waals surface area contributed by atoms with Crippen molar-refractivity contribution >= 4 is 35.8 Å². The molecule has 0 unspecified atom stereocenters. The SMILES string of the molecule is Cc1cc(O)cc(C)c1C[C@H](NC(=O)OC(C)(C)C)C(=O)N1Cc2ccccc2C[C@H]1C(=O)NCCCCCCNC(=O)[C@@H]1Cc2ccccc2CN1C(=O)[C@H](Cc1c(C)cc(O)cc1C)NC(=O)OC(C)(C)C. The predicted octanol–water partition coefficient (Wildman–Crippen LogP) is 7.60. The molecule has 398 valence electrons. The van der Waals surface area contributed by atoms with Gasteiger partial charge in [-0.3, -0.25) is 19.2 Å². The number of aromatic hydroxyl groups is 2. The fourth-order valence-corrected chi connectivity index (χ4v) is 9.93.